The van der Waals surface area contributed by atoms with Crippen molar-refractivity contribution in [3.05, 3.63) is 60.5 Å². The molecule has 0 radical (unpaired) electrons. The van der Waals surface area contributed by atoms with Crippen molar-refractivity contribution in [1.29, 1.82) is 0 Å². The number of aryl methyl sites for hydroxylation is 1. The number of pyridine rings is 2. The molecule has 2 aromatic rings. The van der Waals surface area contributed by atoms with Crippen molar-refractivity contribution in [2.75, 3.05) is 5.32 Å². The number of rotatable bonds is 5. The molecule has 0 aromatic carbocycles. The van der Waals surface area contributed by atoms with Crippen LogP contribution in [-0.4, -0.2) is 15.9 Å². The van der Waals surface area contributed by atoms with E-state index in [9.17, 15) is 4.79 Å². The fraction of sp³-hybridized carbons (Fsp3) is 0.211. The van der Waals surface area contributed by atoms with Crippen molar-refractivity contribution >= 4 is 17.3 Å². The Hall–Kier alpha value is -2.75. The summed E-state index contributed by atoms with van der Waals surface area (Å²) in [6.07, 6.45) is 6.19. The van der Waals surface area contributed by atoms with Gasteiger partial charge in [0.15, 0.2) is 0 Å². The zero-order valence-electron chi connectivity index (χ0n) is 13.8. The molecule has 1 amide bonds. The van der Waals surface area contributed by atoms with Crippen molar-refractivity contribution in [2.24, 2.45) is 0 Å². The zero-order chi connectivity index (χ0) is 16.8. The van der Waals surface area contributed by atoms with Crippen molar-refractivity contribution in [3.63, 3.8) is 0 Å². The molecule has 0 spiro atoms. The summed E-state index contributed by atoms with van der Waals surface area (Å²) in [6.45, 7) is 9.64. The Labute approximate surface area is 137 Å². The van der Waals surface area contributed by atoms with Gasteiger partial charge in [0.25, 0.3) is 0 Å². The third-order valence-electron chi connectivity index (χ3n) is 3.50. The fourth-order valence-corrected chi connectivity index (χ4v) is 2.33. The van der Waals surface area contributed by atoms with Crippen LogP contribution in [0.2, 0.25) is 0 Å². The van der Waals surface area contributed by atoms with Crippen LogP contribution >= 0.6 is 0 Å². The number of amides is 1. The second kappa shape index (κ2) is 7.49. The van der Waals surface area contributed by atoms with Gasteiger partial charge in [0.05, 0.1) is 5.69 Å². The number of hydrogen-bond acceptors (Lipinski definition) is 3. The van der Waals surface area contributed by atoms with Gasteiger partial charge < -0.3 is 5.32 Å². The number of carbonyl (C=O) groups is 1. The van der Waals surface area contributed by atoms with Crippen LogP contribution < -0.4 is 5.32 Å². The van der Waals surface area contributed by atoms with E-state index in [0.717, 1.165) is 28.9 Å². The molecular weight excluding hydrogens is 286 g/mol. The maximum atomic E-state index is 11.4. The highest BCUT2D eigenvalue weighted by Gasteiger charge is 2.08. The molecule has 2 aromatic heterocycles. The summed E-state index contributed by atoms with van der Waals surface area (Å²) < 4.78 is 0. The van der Waals surface area contributed by atoms with E-state index in [-0.39, 0.29) is 5.91 Å². The standard InChI is InChI=1S/C19H21N3O/c1-5-8-13(3)16-11-15(12-20-14(16)4)17-9-7-10-18(21-17)22-19(23)6-2/h6-12H,2,5H2,1,3-4H3,(H,21,22,23)/b13-8-. The van der Waals surface area contributed by atoms with E-state index < -0.39 is 0 Å². The lowest BCUT2D eigenvalue weighted by atomic mass is 10.0. The van der Waals surface area contributed by atoms with Crippen LogP contribution in [0.3, 0.4) is 0 Å². The summed E-state index contributed by atoms with van der Waals surface area (Å²) >= 11 is 0. The number of aromatic nitrogens is 2. The summed E-state index contributed by atoms with van der Waals surface area (Å²) in [5.41, 5.74) is 5.00. The molecule has 0 atom stereocenters. The number of hydrogen-bond donors (Lipinski definition) is 1. The van der Waals surface area contributed by atoms with E-state index in [1.54, 1.807) is 12.3 Å². The van der Waals surface area contributed by atoms with Crippen LogP contribution in [-0.2, 0) is 4.79 Å². The topological polar surface area (TPSA) is 54.9 Å². The fourth-order valence-electron chi connectivity index (χ4n) is 2.33. The molecule has 0 aliphatic heterocycles. The van der Waals surface area contributed by atoms with Crippen LogP contribution in [0.15, 0.2) is 49.2 Å². The number of anilines is 1. The average Bonchev–Trinajstić information content (AvgIpc) is 2.55. The summed E-state index contributed by atoms with van der Waals surface area (Å²) in [5.74, 6) is 0.217. The first-order valence-corrected chi connectivity index (χ1v) is 7.59. The van der Waals surface area contributed by atoms with Gasteiger partial charge in [-0.1, -0.05) is 25.6 Å². The lowest BCUT2D eigenvalue weighted by Gasteiger charge is -2.10. The van der Waals surface area contributed by atoms with Gasteiger partial charge in [0.1, 0.15) is 5.82 Å². The Morgan fingerprint density at radius 2 is 2.17 bits per heavy atom. The molecule has 4 heteroatoms. The molecule has 2 heterocycles. The van der Waals surface area contributed by atoms with Crippen molar-refractivity contribution < 1.29 is 4.79 Å². The lowest BCUT2D eigenvalue weighted by molar-refractivity contribution is -0.111. The van der Waals surface area contributed by atoms with Crippen LogP contribution in [0, 0.1) is 6.92 Å². The molecule has 118 valence electrons. The maximum absolute atomic E-state index is 11.4. The molecule has 1 N–H and O–H groups in total. The molecule has 0 aliphatic rings. The van der Waals surface area contributed by atoms with E-state index in [1.807, 2.05) is 19.1 Å². The van der Waals surface area contributed by atoms with Gasteiger partial charge in [-0.15, -0.1) is 0 Å². The summed E-state index contributed by atoms with van der Waals surface area (Å²) in [6, 6.07) is 7.59. The Morgan fingerprint density at radius 1 is 1.39 bits per heavy atom. The monoisotopic (exact) mass is 307 g/mol. The zero-order valence-corrected chi connectivity index (χ0v) is 13.8. The van der Waals surface area contributed by atoms with Crippen molar-refractivity contribution in [2.45, 2.75) is 27.2 Å². The van der Waals surface area contributed by atoms with Crippen molar-refractivity contribution in [1.82, 2.24) is 9.97 Å². The third kappa shape index (κ3) is 4.13. The summed E-state index contributed by atoms with van der Waals surface area (Å²) in [5, 5.41) is 2.67. The quantitative estimate of drug-likeness (QED) is 0.833. The molecule has 0 saturated carbocycles. The Morgan fingerprint density at radius 3 is 2.87 bits per heavy atom. The number of nitrogens with zero attached hydrogens (tertiary/aromatic N) is 2. The lowest BCUT2D eigenvalue weighted by Crippen LogP contribution is -2.08. The molecule has 0 bridgehead atoms. The molecule has 0 saturated heterocycles. The van der Waals surface area contributed by atoms with Crippen LogP contribution in [0.5, 0.6) is 0 Å². The predicted octanol–water partition coefficient (Wildman–Crippen LogP) is 4.39. The first kappa shape index (κ1) is 16.6. The SMILES string of the molecule is C=CC(=O)Nc1cccc(-c2cnc(C)c(/C(C)=C\CC)c2)n1. The van der Waals surface area contributed by atoms with Crippen molar-refractivity contribution in [3.8, 4) is 11.3 Å². The largest absolute Gasteiger partial charge is 0.307 e. The minimum Gasteiger partial charge on any atom is -0.307 e. The molecule has 0 aliphatic carbocycles. The van der Waals surface area contributed by atoms with Gasteiger partial charge in [0.2, 0.25) is 5.91 Å². The maximum Gasteiger partial charge on any atom is 0.248 e. The highest BCUT2D eigenvalue weighted by atomic mass is 16.1. The number of carbonyl (C=O) groups excluding carboxylic acids is 1. The second-order valence-corrected chi connectivity index (χ2v) is 5.25. The van der Waals surface area contributed by atoms with Gasteiger partial charge in [-0.25, -0.2) is 4.98 Å². The van der Waals surface area contributed by atoms with E-state index in [4.69, 9.17) is 0 Å². The van der Waals surface area contributed by atoms with Gasteiger partial charge >= 0.3 is 0 Å². The minimum atomic E-state index is -0.279. The highest BCUT2D eigenvalue weighted by molar-refractivity contribution is 5.98. The number of nitrogens with one attached hydrogen (secondary N) is 1. The Bertz CT molecular complexity index is 763. The molecule has 2 rings (SSSR count). The molecular formula is C19H21N3O. The van der Waals surface area contributed by atoms with E-state index in [0.29, 0.717) is 5.82 Å². The van der Waals surface area contributed by atoms with Crippen LogP contribution in [0.1, 0.15) is 31.5 Å². The van der Waals surface area contributed by atoms with E-state index in [1.165, 1.54) is 11.6 Å². The normalized spacial score (nSPS) is 11.2. The van der Waals surface area contributed by atoms with Gasteiger partial charge in [0, 0.05) is 17.5 Å². The first-order chi connectivity index (χ1) is 11.0. The first-order valence-electron chi connectivity index (χ1n) is 7.59. The van der Waals surface area contributed by atoms with E-state index >= 15 is 0 Å². The van der Waals surface area contributed by atoms with Gasteiger partial charge in [-0.3, -0.25) is 9.78 Å². The van der Waals surface area contributed by atoms with E-state index in [2.05, 4.69) is 47.9 Å². The molecule has 23 heavy (non-hydrogen) atoms. The summed E-state index contributed by atoms with van der Waals surface area (Å²) in [4.78, 5) is 20.3. The molecule has 0 fully saturated rings. The Balaban J connectivity index is 2.41. The Kier molecular flexibility index (Phi) is 5.41. The third-order valence-corrected chi connectivity index (χ3v) is 3.50. The smallest absolute Gasteiger partial charge is 0.248 e. The second-order valence-electron chi connectivity index (χ2n) is 5.25. The van der Waals surface area contributed by atoms with Crippen LogP contribution in [0.25, 0.3) is 16.8 Å². The van der Waals surface area contributed by atoms with Crippen LogP contribution in [0.4, 0.5) is 5.82 Å². The minimum absolute atomic E-state index is 0.279. The predicted molar refractivity (Wildman–Crippen MR) is 95.0 cm³/mol. The summed E-state index contributed by atoms with van der Waals surface area (Å²) in [7, 11) is 0. The number of allylic oxidation sites excluding steroid dienone is 2. The molecule has 0 unspecified atom stereocenters. The van der Waals surface area contributed by atoms with Gasteiger partial charge in [-0.05, 0) is 55.7 Å². The highest BCUT2D eigenvalue weighted by Crippen LogP contribution is 2.25. The molecule has 4 nitrogen and oxygen atoms in total. The average molecular weight is 307 g/mol. The van der Waals surface area contributed by atoms with Gasteiger partial charge in [-0.2, -0.15) is 0 Å².